The number of hydrogen-bond acceptors (Lipinski definition) is 2. The van der Waals surface area contributed by atoms with Crippen LogP contribution in [0.25, 0.3) is 0 Å². The number of carbonyl (C=O) groups excluding carboxylic acids is 1. The molecule has 0 aliphatic heterocycles. The summed E-state index contributed by atoms with van der Waals surface area (Å²) in [5, 5.41) is 2.50. The summed E-state index contributed by atoms with van der Waals surface area (Å²) < 4.78 is 36.6. The largest absolute Gasteiger partial charge is 0.433 e. The highest BCUT2D eigenvalue weighted by Crippen LogP contribution is 2.28. The van der Waals surface area contributed by atoms with Crippen LogP contribution in [0.5, 0.6) is 0 Å². The summed E-state index contributed by atoms with van der Waals surface area (Å²) in [5.74, 6) is 0. The van der Waals surface area contributed by atoms with Crippen LogP contribution in [0.2, 0.25) is 0 Å². The van der Waals surface area contributed by atoms with Gasteiger partial charge in [-0.05, 0) is 18.1 Å². The van der Waals surface area contributed by atoms with Gasteiger partial charge in [0.1, 0.15) is 5.69 Å². The summed E-state index contributed by atoms with van der Waals surface area (Å²) in [6.45, 7) is 1.82. The molecule has 1 aromatic heterocycles. The van der Waals surface area contributed by atoms with E-state index in [0.717, 1.165) is 12.3 Å². The Labute approximate surface area is 90.7 Å². The molecule has 1 aromatic rings. The highest BCUT2D eigenvalue weighted by atomic mass is 19.4. The van der Waals surface area contributed by atoms with Crippen LogP contribution >= 0.6 is 0 Å². The molecule has 0 fully saturated rings. The molecule has 0 unspecified atom stereocenters. The Morgan fingerprint density at radius 2 is 2.19 bits per heavy atom. The third-order valence-electron chi connectivity index (χ3n) is 2.16. The van der Waals surface area contributed by atoms with Crippen LogP contribution in [0.3, 0.4) is 0 Å². The lowest BCUT2D eigenvalue weighted by Crippen LogP contribution is -2.19. The van der Waals surface area contributed by atoms with E-state index >= 15 is 0 Å². The fourth-order valence-corrected chi connectivity index (χ4v) is 1.31. The van der Waals surface area contributed by atoms with Crippen LogP contribution in [-0.4, -0.2) is 11.4 Å². The number of pyridine rings is 1. The van der Waals surface area contributed by atoms with E-state index in [0.29, 0.717) is 18.4 Å². The molecule has 1 rings (SSSR count). The molecule has 1 N–H and O–H groups in total. The van der Waals surface area contributed by atoms with E-state index in [1.165, 1.54) is 6.07 Å². The molecule has 6 heteroatoms. The van der Waals surface area contributed by atoms with Crippen LogP contribution in [0.1, 0.15) is 30.6 Å². The number of amides is 1. The quantitative estimate of drug-likeness (QED) is 0.809. The van der Waals surface area contributed by atoms with Crippen LogP contribution in [0, 0.1) is 0 Å². The van der Waals surface area contributed by atoms with Gasteiger partial charge in [-0.2, -0.15) is 13.2 Å². The normalized spacial score (nSPS) is 13.2. The summed E-state index contributed by atoms with van der Waals surface area (Å²) in [5.41, 5.74) is -0.375. The molecule has 0 radical (unpaired) electrons. The number of halogens is 3. The first kappa shape index (κ1) is 12.5. The number of hydrogen-bond donors (Lipinski definition) is 1. The third kappa shape index (κ3) is 2.95. The SMILES string of the molecule is CC[C@@H](NC=O)c1ccc(C(F)(F)F)nc1. The predicted molar refractivity (Wildman–Crippen MR) is 51.5 cm³/mol. The highest BCUT2D eigenvalue weighted by molar-refractivity contribution is 5.47. The topological polar surface area (TPSA) is 42.0 Å². The average molecular weight is 232 g/mol. The van der Waals surface area contributed by atoms with Gasteiger partial charge in [-0.3, -0.25) is 9.78 Å². The molecule has 0 saturated carbocycles. The third-order valence-corrected chi connectivity index (χ3v) is 2.16. The molecular formula is C10H11F3N2O. The summed E-state index contributed by atoms with van der Waals surface area (Å²) in [6.07, 6.45) is -2.19. The van der Waals surface area contributed by atoms with Crippen molar-refractivity contribution < 1.29 is 18.0 Å². The van der Waals surface area contributed by atoms with E-state index < -0.39 is 11.9 Å². The second-order valence-corrected chi connectivity index (χ2v) is 3.22. The standard InChI is InChI=1S/C10H11F3N2O/c1-2-8(15-6-16)7-3-4-9(14-5-7)10(11,12)13/h3-6,8H,2H2,1H3,(H,15,16)/t8-/m1/s1. The van der Waals surface area contributed by atoms with Crippen molar-refractivity contribution in [3.05, 3.63) is 29.6 Å². The zero-order chi connectivity index (χ0) is 12.2. The van der Waals surface area contributed by atoms with Crippen molar-refractivity contribution in [2.45, 2.75) is 25.6 Å². The Morgan fingerprint density at radius 1 is 1.50 bits per heavy atom. The van der Waals surface area contributed by atoms with Gasteiger partial charge < -0.3 is 5.32 Å². The van der Waals surface area contributed by atoms with Gasteiger partial charge in [0.15, 0.2) is 0 Å². The second-order valence-electron chi connectivity index (χ2n) is 3.22. The van der Waals surface area contributed by atoms with Crippen LogP contribution in [0.4, 0.5) is 13.2 Å². The number of nitrogens with one attached hydrogen (secondary N) is 1. The van der Waals surface area contributed by atoms with Crippen molar-refractivity contribution >= 4 is 6.41 Å². The van der Waals surface area contributed by atoms with Crippen molar-refractivity contribution in [2.24, 2.45) is 0 Å². The van der Waals surface area contributed by atoms with Gasteiger partial charge in [0.25, 0.3) is 0 Å². The van der Waals surface area contributed by atoms with Gasteiger partial charge in [-0.15, -0.1) is 0 Å². The fraction of sp³-hybridized carbons (Fsp3) is 0.400. The van der Waals surface area contributed by atoms with Gasteiger partial charge in [-0.1, -0.05) is 13.0 Å². The first-order chi connectivity index (χ1) is 7.49. The molecule has 0 aliphatic carbocycles. The van der Waals surface area contributed by atoms with E-state index in [-0.39, 0.29) is 6.04 Å². The second kappa shape index (κ2) is 4.96. The van der Waals surface area contributed by atoms with Crippen LogP contribution in [0.15, 0.2) is 18.3 Å². The zero-order valence-corrected chi connectivity index (χ0v) is 8.58. The predicted octanol–water partition coefficient (Wildman–Crippen LogP) is 2.30. The Bertz CT molecular complexity index is 348. The first-order valence-corrected chi connectivity index (χ1v) is 4.72. The smallest absolute Gasteiger partial charge is 0.352 e. The van der Waals surface area contributed by atoms with E-state index in [9.17, 15) is 18.0 Å². The average Bonchev–Trinajstić information content (AvgIpc) is 2.25. The lowest BCUT2D eigenvalue weighted by Gasteiger charge is -2.14. The Kier molecular flexibility index (Phi) is 3.87. The molecule has 1 atom stereocenters. The van der Waals surface area contributed by atoms with Crippen LogP contribution < -0.4 is 5.32 Å². The lowest BCUT2D eigenvalue weighted by atomic mass is 10.1. The van der Waals surface area contributed by atoms with Crippen molar-refractivity contribution in [3.63, 3.8) is 0 Å². The zero-order valence-electron chi connectivity index (χ0n) is 8.58. The van der Waals surface area contributed by atoms with Gasteiger partial charge >= 0.3 is 6.18 Å². The minimum Gasteiger partial charge on any atom is -0.352 e. The molecule has 0 saturated heterocycles. The number of alkyl halides is 3. The molecule has 1 heterocycles. The van der Waals surface area contributed by atoms with Crippen molar-refractivity contribution in [1.82, 2.24) is 10.3 Å². The molecule has 16 heavy (non-hydrogen) atoms. The summed E-state index contributed by atoms with van der Waals surface area (Å²) in [4.78, 5) is 13.6. The maximum atomic E-state index is 12.2. The van der Waals surface area contributed by atoms with E-state index in [4.69, 9.17) is 0 Å². The maximum absolute atomic E-state index is 12.2. The monoisotopic (exact) mass is 232 g/mol. The van der Waals surface area contributed by atoms with E-state index in [1.807, 2.05) is 6.92 Å². The molecule has 1 amide bonds. The molecule has 0 bridgehead atoms. The molecule has 0 spiro atoms. The molecule has 0 aliphatic rings. The molecular weight excluding hydrogens is 221 g/mol. The molecule has 3 nitrogen and oxygen atoms in total. The van der Waals surface area contributed by atoms with Crippen molar-refractivity contribution in [2.75, 3.05) is 0 Å². The van der Waals surface area contributed by atoms with Gasteiger partial charge in [0, 0.05) is 6.20 Å². The maximum Gasteiger partial charge on any atom is 0.433 e. The minimum absolute atomic E-state index is 0.299. The van der Waals surface area contributed by atoms with Crippen molar-refractivity contribution in [1.29, 1.82) is 0 Å². The fourth-order valence-electron chi connectivity index (χ4n) is 1.31. The summed E-state index contributed by atoms with van der Waals surface area (Å²) in [6, 6.07) is 1.93. The molecule has 0 aromatic carbocycles. The summed E-state index contributed by atoms with van der Waals surface area (Å²) in [7, 11) is 0. The number of nitrogens with zero attached hydrogens (tertiary/aromatic N) is 1. The Balaban J connectivity index is 2.89. The number of rotatable bonds is 4. The Morgan fingerprint density at radius 3 is 2.56 bits per heavy atom. The van der Waals surface area contributed by atoms with Crippen LogP contribution in [-0.2, 0) is 11.0 Å². The number of aromatic nitrogens is 1. The molecule has 88 valence electrons. The van der Waals surface area contributed by atoms with Gasteiger partial charge in [0.05, 0.1) is 6.04 Å². The van der Waals surface area contributed by atoms with E-state index in [2.05, 4.69) is 10.3 Å². The summed E-state index contributed by atoms with van der Waals surface area (Å²) >= 11 is 0. The van der Waals surface area contributed by atoms with E-state index in [1.54, 1.807) is 0 Å². The first-order valence-electron chi connectivity index (χ1n) is 4.72. The van der Waals surface area contributed by atoms with Gasteiger partial charge in [0.2, 0.25) is 6.41 Å². The lowest BCUT2D eigenvalue weighted by molar-refractivity contribution is -0.141. The Hall–Kier alpha value is -1.59. The highest BCUT2D eigenvalue weighted by Gasteiger charge is 2.32. The van der Waals surface area contributed by atoms with Gasteiger partial charge in [-0.25, -0.2) is 0 Å². The van der Waals surface area contributed by atoms with Crippen molar-refractivity contribution in [3.8, 4) is 0 Å². The number of carbonyl (C=O) groups is 1. The minimum atomic E-state index is -4.43.